The van der Waals surface area contributed by atoms with E-state index >= 15 is 0 Å². The second-order valence-electron chi connectivity index (χ2n) is 4.31. The monoisotopic (exact) mass is 411 g/mol. The van der Waals surface area contributed by atoms with E-state index < -0.39 is 0 Å². The summed E-state index contributed by atoms with van der Waals surface area (Å²) in [5.41, 5.74) is 9.14. The van der Waals surface area contributed by atoms with E-state index in [0.29, 0.717) is 5.82 Å². The van der Waals surface area contributed by atoms with Crippen molar-refractivity contribution in [3.05, 3.63) is 44.7 Å². The molecule has 0 aliphatic rings. The largest absolute Gasteiger partial charge is 0.383 e. The molecule has 0 radical (unpaired) electrons. The Morgan fingerprint density at radius 1 is 1.15 bits per heavy atom. The summed E-state index contributed by atoms with van der Waals surface area (Å²) in [4.78, 5) is 1.09. The van der Waals surface area contributed by atoms with Gasteiger partial charge in [-0.2, -0.15) is 5.10 Å². The minimum atomic E-state index is 0.659. The third kappa shape index (κ3) is 2.21. The smallest absolute Gasteiger partial charge is 0.129 e. The highest BCUT2D eigenvalue weighted by Crippen LogP contribution is 2.43. The van der Waals surface area contributed by atoms with Gasteiger partial charge < -0.3 is 5.73 Å². The number of benzene rings is 1. The number of nitrogens with two attached hydrogens (primary N) is 1. The van der Waals surface area contributed by atoms with Crippen LogP contribution in [0.4, 0.5) is 5.82 Å². The Bertz CT molecular complexity index is 777. The molecule has 0 atom stereocenters. The zero-order valence-electron chi connectivity index (χ0n) is 10.6. The van der Waals surface area contributed by atoms with Crippen LogP contribution in [0.2, 0.25) is 0 Å². The van der Waals surface area contributed by atoms with E-state index in [9.17, 15) is 0 Å². The molecule has 3 aromatic rings. The lowest BCUT2D eigenvalue weighted by atomic mass is 10.0. The van der Waals surface area contributed by atoms with E-state index in [1.54, 1.807) is 16.0 Å². The third-order valence-corrected chi connectivity index (χ3v) is 5.60. The van der Waals surface area contributed by atoms with Gasteiger partial charge >= 0.3 is 0 Å². The van der Waals surface area contributed by atoms with Gasteiger partial charge in [0, 0.05) is 21.6 Å². The van der Waals surface area contributed by atoms with Crippen LogP contribution in [0.3, 0.4) is 0 Å². The molecule has 2 heterocycles. The fraction of sp³-hybridized carbons (Fsp3) is 0.0714. The number of anilines is 1. The second-order valence-corrected chi connectivity index (χ2v) is 6.93. The quantitative estimate of drug-likeness (QED) is 0.648. The number of halogens is 2. The van der Waals surface area contributed by atoms with Crippen molar-refractivity contribution < 1.29 is 0 Å². The molecule has 0 aliphatic carbocycles. The van der Waals surface area contributed by atoms with Crippen molar-refractivity contribution in [2.75, 3.05) is 5.73 Å². The van der Waals surface area contributed by atoms with E-state index in [0.717, 1.165) is 30.6 Å². The normalized spacial score (nSPS) is 10.9. The third-order valence-electron chi connectivity index (χ3n) is 3.07. The van der Waals surface area contributed by atoms with Gasteiger partial charge in [-0.1, -0.05) is 34.1 Å². The Morgan fingerprint density at radius 3 is 2.55 bits per heavy atom. The van der Waals surface area contributed by atoms with Crippen LogP contribution >= 0.6 is 43.2 Å². The SMILES string of the molecule is Cn1nc(-c2sccc2Br)c(-c2ccccc2Br)c1N. The predicted molar refractivity (Wildman–Crippen MR) is 91.8 cm³/mol. The van der Waals surface area contributed by atoms with Crippen molar-refractivity contribution in [2.24, 2.45) is 7.05 Å². The number of rotatable bonds is 2. The molecule has 2 aromatic heterocycles. The van der Waals surface area contributed by atoms with Gasteiger partial charge in [-0.05, 0) is 33.4 Å². The summed E-state index contributed by atoms with van der Waals surface area (Å²) in [6.45, 7) is 0. The van der Waals surface area contributed by atoms with Crippen LogP contribution in [0.15, 0.2) is 44.7 Å². The molecule has 0 bridgehead atoms. The molecule has 6 heteroatoms. The molecule has 20 heavy (non-hydrogen) atoms. The summed E-state index contributed by atoms with van der Waals surface area (Å²) in [6.07, 6.45) is 0. The van der Waals surface area contributed by atoms with Gasteiger partial charge in [-0.25, -0.2) is 0 Å². The van der Waals surface area contributed by atoms with Crippen LogP contribution in [-0.4, -0.2) is 9.78 Å². The first-order valence-electron chi connectivity index (χ1n) is 5.90. The van der Waals surface area contributed by atoms with Crippen LogP contribution in [0.1, 0.15) is 0 Å². The molecular formula is C14H11Br2N3S. The number of aromatic nitrogens is 2. The maximum Gasteiger partial charge on any atom is 0.129 e. The van der Waals surface area contributed by atoms with Gasteiger partial charge in [0.05, 0.1) is 10.4 Å². The standard InChI is InChI=1S/C14H11Br2N3S/c1-19-14(17)11(8-4-2-3-5-9(8)15)12(18-19)13-10(16)6-7-20-13/h2-7H,17H2,1H3. The first kappa shape index (κ1) is 13.9. The van der Waals surface area contributed by atoms with Crippen molar-refractivity contribution in [1.29, 1.82) is 0 Å². The average molecular weight is 413 g/mol. The van der Waals surface area contributed by atoms with E-state index in [1.165, 1.54) is 0 Å². The number of nitrogens with zero attached hydrogens (tertiary/aromatic N) is 2. The Balaban J connectivity index is 2.31. The fourth-order valence-electron chi connectivity index (χ4n) is 2.09. The van der Waals surface area contributed by atoms with Gasteiger partial charge in [0.15, 0.2) is 0 Å². The summed E-state index contributed by atoms with van der Waals surface area (Å²) in [5, 5.41) is 6.62. The summed E-state index contributed by atoms with van der Waals surface area (Å²) in [6, 6.07) is 10.1. The van der Waals surface area contributed by atoms with Crippen molar-refractivity contribution in [3.8, 4) is 21.7 Å². The Hall–Kier alpha value is -1.11. The van der Waals surface area contributed by atoms with E-state index in [-0.39, 0.29) is 0 Å². The maximum absolute atomic E-state index is 6.23. The Morgan fingerprint density at radius 2 is 1.90 bits per heavy atom. The lowest BCUT2D eigenvalue weighted by Crippen LogP contribution is -1.98. The molecule has 1 aromatic carbocycles. The van der Waals surface area contributed by atoms with E-state index in [4.69, 9.17) is 5.73 Å². The topological polar surface area (TPSA) is 43.8 Å². The fourth-order valence-corrected chi connectivity index (χ4v) is 4.12. The van der Waals surface area contributed by atoms with Crippen LogP contribution in [0.25, 0.3) is 21.7 Å². The Labute approximate surface area is 137 Å². The first-order chi connectivity index (χ1) is 9.59. The number of hydrogen-bond donors (Lipinski definition) is 1. The molecule has 0 aliphatic heterocycles. The van der Waals surface area contributed by atoms with Crippen molar-refractivity contribution in [2.45, 2.75) is 0 Å². The van der Waals surface area contributed by atoms with Gasteiger partial charge in [0.2, 0.25) is 0 Å². The zero-order valence-corrected chi connectivity index (χ0v) is 14.6. The van der Waals surface area contributed by atoms with Crippen LogP contribution in [0.5, 0.6) is 0 Å². The summed E-state index contributed by atoms with van der Waals surface area (Å²) in [5.74, 6) is 0.659. The highest BCUT2D eigenvalue weighted by Gasteiger charge is 2.21. The lowest BCUT2D eigenvalue weighted by molar-refractivity contribution is 0.783. The molecule has 0 fully saturated rings. The summed E-state index contributed by atoms with van der Waals surface area (Å²) in [7, 11) is 1.86. The van der Waals surface area contributed by atoms with Crippen LogP contribution in [0, 0.1) is 0 Å². The highest BCUT2D eigenvalue weighted by atomic mass is 79.9. The number of thiophene rings is 1. The summed E-state index contributed by atoms with van der Waals surface area (Å²) >= 11 is 8.81. The minimum Gasteiger partial charge on any atom is -0.383 e. The maximum atomic E-state index is 6.23. The number of aryl methyl sites for hydroxylation is 1. The number of nitrogen functional groups attached to an aromatic ring is 1. The van der Waals surface area contributed by atoms with Gasteiger partial charge in [0.1, 0.15) is 11.5 Å². The molecule has 0 spiro atoms. The molecule has 2 N–H and O–H groups in total. The number of hydrogen-bond acceptors (Lipinski definition) is 3. The molecule has 3 rings (SSSR count). The van der Waals surface area contributed by atoms with Crippen molar-refractivity contribution >= 4 is 49.0 Å². The molecule has 0 saturated heterocycles. The van der Waals surface area contributed by atoms with Crippen LogP contribution in [-0.2, 0) is 7.05 Å². The highest BCUT2D eigenvalue weighted by molar-refractivity contribution is 9.11. The Kier molecular flexibility index (Phi) is 3.70. The van der Waals surface area contributed by atoms with Gasteiger partial charge in [-0.15, -0.1) is 11.3 Å². The van der Waals surface area contributed by atoms with Crippen molar-refractivity contribution in [3.63, 3.8) is 0 Å². The predicted octanol–water partition coefficient (Wildman–Crippen LogP) is 4.92. The molecule has 0 saturated carbocycles. The minimum absolute atomic E-state index is 0.659. The molecule has 0 amide bonds. The van der Waals surface area contributed by atoms with Gasteiger partial charge in [0.25, 0.3) is 0 Å². The van der Waals surface area contributed by atoms with E-state index in [1.807, 2.05) is 42.8 Å². The lowest BCUT2D eigenvalue weighted by Gasteiger charge is -2.06. The summed E-state index contributed by atoms with van der Waals surface area (Å²) < 4.78 is 3.76. The van der Waals surface area contributed by atoms with Crippen molar-refractivity contribution in [1.82, 2.24) is 9.78 Å². The molecular weight excluding hydrogens is 402 g/mol. The first-order valence-corrected chi connectivity index (χ1v) is 8.37. The molecule has 0 unspecified atom stereocenters. The van der Waals surface area contributed by atoms with Gasteiger partial charge in [-0.3, -0.25) is 4.68 Å². The second kappa shape index (κ2) is 5.35. The molecule has 3 nitrogen and oxygen atoms in total. The molecule has 102 valence electrons. The zero-order chi connectivity index (χ0) is 14.3. The van der Waals surface area contributed by atoms with E-state index in [2.05, 4.69) is 37.0 Å². The average Bonchev–Trinajstić information content (AvgIpc) is 2.96. The van der Waals surface area contributed by atoms with Crippen LogP contribution < -0.4 is 5.73 Å².